The number of benzene rings is 2. The third-order valence-electron chi connectivity index (χ3n) is 3.17. The first kappa shape index (κ1) is 14.2. The van der Waals surface area contributed by atoms with Crippen LogP contribution in [0.5, 0.6) is 17.2 Å². The van der Waals surface area contributed by atoms with E-state index in [0.29, 0.717) is 17.1 Å². The van der Waals surface area contributed by atoms with Crippen LogP contribution in [0.25, 0.3) is 0 Å². The van der Waals surface area contributed by atoms with Crippen LogP contribution < -0.4 is 14.2 Å². The highest BCUT2D eigenvalue weighted by Crippen LogP contribution is 2.33. The molecule has 0 bridgehead atoms. The van der Waals surface area contributed by atoms with Crippen molar-refractivity contribution in [3.05, 3.63) is 53.6 Å². The van der Waals surface area contributed by atoms with Crippen molar-refractivity contribution in [2.24, 2.45) is 0 Å². The number of ether oxygens (including phenoxy) is 3. The van der Waals surface area contributed by atoms with Gasteiger partial charge < -0.3 is 19.3 Å². The lowest BCUT2D eigenvalue weighted by atomic mass is 10.0. The number of rotatable bonds is 5. The first-order chi connectivity index (χ1) is 9.69. The van der Waals surface area contributed by atoms with Crippen molar-refractivity contribution < 1.29 is 19.3 Å². The van der Waals surface area contributed by atoms with Gasteiger partial charge in [-0.2, -0.15) is 0 Å². The van der Waals surface area contributed by atoms with Gasteiger partial charge in [-0.05, 0) is 29.8 Å². The Bertz CT molecular complexity index is 563. The Hall–Kier alpha value is -2.20. The van der Waals surface area contributed by atoms with Crippen molar-refractivity contribution >= 4 is 0 Å². The van der Waals surface area contributed by atoms with Gasteiger partial charge in [-0.3, -0.25) is 0 Å². The highest BCUT2D eigenvalue weighted by Gasteiger charge is 2.16. The Kier molecular flexibility index (Phi) is 4.48. The van der Waals surface area contributed by atoms with E-state index in [1.807, 2.05) is 24.3 Å². The Morgan fingerprint density at radius 3 is 1.95 bits per heavy atom. The van der Waals surface area contributed by atoms with Gasteiger partial charge in [0.25, 0.3) is 0 Å². The second kappa shape index (κ2) is 6.30. The second-order valence-electron chi connectivity index (χ2n) is 4.28. The fourth-order valence-electron chi connectivity index (χ4n) is 2.01. The van der Waals surface area contributed by atoms with E-state index in [4.69, 9.17) is 14.2 Å². The molecule has 0 saturated heterocycles. The number of hydrogen-bond donors (Lipinski definition) is 1. The SMILES string of the molecule is COc1ccc(C(O)c2ccc(OC)cc2OC)cc1. The lowest BCUT2D eigenvalue weighted by Gasteiger charge is -2.16. The summed E-state index contributed by atoms with van der Waals surface area (Å²) < 4.78 is 15.6. The van der Waals surface area contributed by atoms with E-state index in [1.54, 1.807) is 39.5 Å². The van der Waals surface area contributed by atoms with Crippen LogP contribution in [-0.2, 0) is 0 Å². The molecule has 0 aromatic heterocycles. The largest absolute Gasteiger partial charge is 0.497 e. The number of aliphatic hydroxyl groups excluding tert-OH is 1. The van der Waals surface area contributed by atoms with Crippen LogP contribution in [0, 0.1) is 0 Å². The molecule has 106 valence electrons. The first-order valence-corrected chi connectivity index (χ1v) is 6.23. The van der Waals surface area contributed by atoms with Crippen LogP contribution in [0.15, 0.2) is 42.5 Å². The van der Waals surface area contributed by atoms with Gasteiger partial charge in [-0.25, -0.2) is 0 Å². The van der Waals surface area contributed by atoms with Crippen LogP contribution in [0.2, 0.25) is 0 Å². The Morgan fingerprint density at radius 1 is 0.800 bits per heavy atom. The predicted molar refractivity (Wildman–Crippen MR) is 76.6 cm³/mol. The van der Waals surface area contributed by atoms with Crippen molar-refractivity contribution in [1.82, 2.24) is 0 Å². The zero-order chi connectivity index (χ0) is 14.5. The third kappa shape index (κ3) is 2.86. The molecule has 4 nitrogen and oxygen atoms in total. The van der Waals surface area contributed by atoms with Crippen molar-refractivity contribution in [2.75, 3.05) is 21.3 Å². The van der Waals surface area contributed by atoms with E-state index in [9.17, 15) is 5.11 Å². The Labute approximate surface area is 118 Å². The van der Waals surface area contributed by atoms with Crippen molar-refractivity contribution in [1.29, 1.82) is 0 Å². The molecule has 0 heterocycles. The lowest BCUT2D eigenvalue weighted by molar-refractivity contribution is 0.214. The zero-order valence-corrected chi connectivity index (χ0v) is 11.8. The maximum absolute atomic E-state index is 10.5. The molecule has 1 atom stereocenters. The molecule has 0 aliphatic heterocycles. The predicted octanol–water partition coefficient (Wildman–Crippen LogP) is 2.79. The van der Waals surface area contributed by atoms with Crippen molar-refractivity contribution in [2.45, 2.75) is 6.10 Å². The van der Waals surface area contributed by atoms with E-state index >= 15 is 0 Å². The topological polar surface area (TPSA) is 47.9 Å². The van der Waals surface area contributed by atoms with E-state index in [1.165, 1.54) is 0 Å². The van der Waals surface area contributed by atoms with Crippen molar-refractivity contribution in [3.63, 3.8) is 0 Å². The average molecular weight is 274 g/mol. The van der Waals surface area contributed by atoms with Crippen LogP contribution in [-0.4, -0.2) is 26.4 Å². The molecule has 2 aromatic rings. The molecule has 4 heteroatoms. The Balaban J connectivity index is 2.33. The van der Waals surface area contributed by atoms with Crippen molar-refractivity contribution in [3.8, 4) is 17.2 Å². The van der Waals surface area contributed by atoms with Crippen LogP contribution in [0.4, 0.5) is 0 Å². The average Bonchev–Trinajstić information content (AvgIpc) is 2.53. The monoisotopic (exact) mass is 274 g/mol. The fourth-order valence-corrected chi connectivity index (χ4v) is 2.01. The summed E-state index contributed by atoms with van der Waals surface area (Å²) in [5.74, 6) is 2.03. The summed E-state index contributed by atoms with van der Waals surface area (Å²) in [5.41, 5.74) is 1.47. The highest BCUT2D eigenvalue weighted by molar-refractivity contribution is 5.45. The molecule has 1 N–H and O–H groups in total. The highest BCUT2D eigenvalue weighted by atomic mass is 16.5. The fraction of sp³-hybridized carbons (Fsp3) is 0.250. The molecular weight excluding hydrogens is 256 g/mol. The second-order valence-corrected chi connectivity index (χ2v) is 4.28. The first-order valence-electron chi connectivity index (χ1n) is 6.23. The third-order valence-corrected chi connectivity index (χ3v) is 3.17. The van der Waals surface area contributed by atoms with Gasteiger partial charge in [-0.15, -0.1) is 0 Å². The molecule has 0 saturated carbocycles. The van der Waals surface area contributed by atoms with Crippen LogP contribution in [0.3, 0.4) is 0 Å². The van der Waals surface area contributed by atoms with Gasteiger partial charge in [0.05, 0.1) is 21.3 Å². The minimum Gasteiger partial charge on any atom is -0.497 e. The van der Waals surface area contributed by atoms with Gasteiger partial charge >= 0.3 is 0 Å². The van der Waals surface area contributed by atoms with Crippen LogP contribution >= 0.6 is 0 Å². The van der Waals surface area contributed by atoms with Gasteiger partial charge in [0.15, 0.2) is 0 Å². The lowest BCUT2D eigenvalue weighted by Crippen LogP contribution is -2.02. The normalized spacial score (nSPS) is 11.8. The summed E-state index contributed by atoms with van der Waals surface area (Å²) in [6.07, 6.45) is -0.762. The summed E-state index contributed by atoms with van der Waals surface area (Å²) in [7, 11) is 4.77. The van der Waals surface area contributed by atoms with Gasteiger partial charge in [0, 0.05) is 11.6 Å². The standard InChI is InChI=1S/C16H18O4/c1-18-12-6-4-11(5-7-12)16(17)14-9-8-13(19-2)10-15(14)20-3/h4-10,16-17H,1-3H3. The molecule has 0 amide bonds. The summed E-state index contributed by atoms with van der Waals surface area (Å²) in [4.78, 5) is 0. The van der Waals surface area contributed by atoms with Gasteiger partial charge in [0.2, 0.25) is 0 Å². The summed E-state index contributed by atoms with van der Waals surface area (Å²) in [6, 6.07) is 12.6. The minimum absolute atomic E-state index is 0.590. The molecule has 2 rings (SSSR count). The smallest absolute Gasteiger partial charge is 0.128 e. The number of methoxy groups -OCH3 is 3. The quantitative estimate of drug-likeness (QED) is 0.910. The maximum atomic E-state index is 10.5. The maximum Gasteiger partial charge on any atom is 0.128 e. The Morgan fingerprint density at radius 2 is 1.40 bits per heavy atom. The summed E-state index contributed by atoms with van der Waals surface area (Å²) in [5, 5.41) is 10.5. The van der Waals surface area contributed by atoms with E-state index in [-0.39, 0.29) is 0 Å². The summed E-state index contributed by atoms with van der Waals surface area (Å²) >= 11 is 0. The molecular formula is C16H18O4. The molecule has 0 spiro atoms. The van der Waals surface area contributed by atoms with Gasteiger partial charge in [0.1, 0.15) is 23.4 Å². The number of hydrogen-bond acceptors (Lipinski definition) is 4. The molecule has 0 aliphatic rings. The van der Waals surface area contributed by atoms with E-state index in [2.05, 4.69) is 0 Å². The minimum atomic E-state index is -0.762. The van der Waals surface area contributed by atoms with E-state index < -0.39 is 6.10 Å². The van der Waals surface area contributed by atoms with E-state index in [0.717, 1.165) is 11.3 Å². The van der Waals surface area contributed by atoms with Crippen LogP contribution in [0.1, 0.15) is 17.2 Å². The molecule has 2 aromatic carbocycles. The molecule has 1 unspecified atom stereocenters. The molecule has 0 radical (unpaired) electrons. The summed E-state index contributed by atoms with van der Waals surface area (Å²) in [6.45, 7) is 0. The van der Waals surface area contributed by atoms with Gasteiger partial charge in [-0.1, -0.05) is 12.1 Å². The molecule has 0 fully saturated rings. The molecule has 0 aliphatic carbocycles. The zero-order valence-electron chi connectivity index (χ0n) is 11.8. The molecule has 20 heavy (non-hydrogen) atoms. The number of aliphatic hydroxyl groups is 1.